The van der Waals surface area contributed by atoms with Gasteiger partial charge < -0.3 is 10.5 Å². The number of ether oxygens (including phenoxy) is 1. The molecule has 12 heavy (non-hydrogen) atoms. The third-order valence-corrected chi connectivity index (χ3v) is 1.34. The van der Waals surface area contributed by atoms with Gasteiger partial charge in [-0.05, 0) is 0 Å². The Morgan fingerprint density at radius 1 is 1.67 bits per heavy atom. The van der Waals surface area contributed by atoms with Crippen molar-refractivity contribution in [3.8, 4) is 5.75 Å². The van der Waals surface area contributed by atoms with Crippen LogP contribution in [0.4, 0.5) is 4.39 Å². The third-order valence-electron chi connectivity index (χ3n) is 1.34. The molecule has 0 spiro atoms. The van der Waals surface area contributed by atoms with E-state index in [0.29, 0.717) is 0 Å². The molecule has 0 aliphatic rings. The number of nitrogens with two attached hydrogens (primary N) is 1. The first-order valence-electron chi connectivity index (χ1n) is 3.17. The van der Waals surface area contributed by atoms with Gasteiger partial charge in [0.1, 0.15) is 0 Å². The number of hydrogen-bond acceptors (Lipinski definition) is 3. The molecule has 0 aliphatic carbocycles. The minimum absolute atomic E-state index is 0. The van der Waals surface area contributed by atoms with Crippen molar-refractivity contribution in [3.63, 3.8) is 0 Å². The van der Waals surface area contributed by atoms with Crippen LogP contribution in [0.5, 0.6) is 5.75 Å². The summed E-state index contributed by atoms with van der Waals surface area (Å²) in [5.41, 5.74) is 5.44. The molecule has 1 aromatic rings. The van der Waals surface area contributed by atoms with E-state index in [9.17, 15) is 4.39 Å². The quantitative estimate of drug-likeness (QED) is 0.764. The summed E-state index contributed by atoms with van der Waals surface area (Å²) in [7, 11) is 1.40. The first kappa shape index (κ1) is 11.1. The molecule has 0 radical (unpaired) electrons. The van der Waals surface area contributed by atoms with Gasteiger partial charge in [-0.25, -0.2) is 4.39 Å². The molecule has 0 atom stereocenters. The van der Waals surface area contributed by atoms with Gasteiger partial charge in [-0.2, -0.15) is 0 Å². The topological polar surface area (TPSA) is 48.1 Å². The lowest BCUT2D eigenvalue weighted by Crippen LogP contribution is -2.03. The van der Waals surface area contributed by atoms with Crippen LogP contribution in [-0.2, 0) is 6.54 Å². The molecule has 0 unspecified atom stereocenters. The Morgan fingerprint density at radius 2 is 2.33 bits per heavy atom. The van der Waals surface area contributed by atoms with E-state index in [-0.39, 0.29) is 30.4 Å². The monoisotopic (exact) mass is 192 g/mol. The molecule has 0 aliphatic heterocycles. The minimum atomic E-state index is -0.475. The smallest absolute Gasteiger partial charge is 0.187 e. The van der Waals surface area contributed by atoms with Crippen molar-refractivity contribution < 1.29 is 9.13 Å². The summed E-state index contributed by atoms with van der Waals surface area (Å²) in [6.07, 6.45) is 1.46. The number of pyridine rings is 1. The average molecular weight is 193 g/mol. The van der Waals surface area contributed by atoms with Crippen LogP contribution in [0.15, 0.2) is 12.3 Å². The highest BCUT2D eigenvalue weighted by Crippen LogP contribution is 2.16. The van der Waals surface area contributed by atoms with Gasteiger partial charge >= 0.3 is 0 Å². The standard InChI is InChI=1S/C7H9FN2O.ClH/c1-11-6-2-3-10-5(4-9)7(6)8;/h2-3H,4,9H2,1H3;1H. The van der Waals surface area contributed by atoms with E-state index in [4.69, 9.17) is 10.5 Å². The second-order valence-corrected chi connectivity index (χ2v) is 1.98. The van der Waals surface area contributed by atoms with Crippen LogP contribution in [0.25, 0.3) is 0 Å². The van der Waals surface area contributed by atoms with Crippen molar-refractivity contribution >= 4 is 12.4 Å². The van der Waals surface area contributed by atoms with E-state index < -0.39 is 5.82 Å². The summed E-state index contributed by atoms with van der Waals surface area (Å²) < 4.78 is 17.7. The maximum atomic E-state index is 13.0. The Kier molecular flexibility index (Phi) is 4.54. The van der Waals surface area contributed by atoms with Crippen molar-refractivity contribution in [1.29, 1.82) is 0 Å². The number of halogens is 2. The van der Waals surface area contributed by atoms with E-state index in [1.807, 2.05) is 0 Å². The van der Waals surface area contributed by atoms with Crippen molar-refractivity contribution in [2.45, 2.75) is 6.54 Å². The van der Waals surface area contributed by atoms with Gasteiger partial charge in [0, 0.05) is 18.8 Å². The van der Waals surface area contributed by atoms with Crippen molar-refractivity contribution in [3.05, 3.63) is 23.8 Å². The van der Waals surface area contributed by atoms with E-state index in [1.165, 1.54) is 19.4 Å². The van der Waals surface area contributed by atoms with Crippen LogP contribution >= 0.6 is 12.4 Å². The Labute approximate surface area is 76.2 Å². The molecule has 1 heterocycles. The zero-order valence-electron chi connectivity index (χ0n) is 6.58. The highest BCUT2D eigenvalue weighted by Gasteiger charge is 2.06. The van der Waals surface area contributed by atoms with E-state index in [0.717, 1.165) is 0 Å². The highest BCUT2D eigenvalue weighted by atomic mass is 35.5. The van der Waals surface area contributed by atoms with Gasteiger partial charge in [0.25, 0.3) is 0 Å². The van der Waals surface area contributed by atoms with E-state index in [2.05, 4.69) is 4.98 Å². The van der Waals surface area contributed by atoms with E-state index >= 15 is 0 Å². The fourth-order valence-corrected chi connectivity index (χ4v) is 0.767. The second kappa shape index (κ2) is 4.90. The number of rotatable bonds is 2. The molecule has 0 fully saturated rings. The lowest BCUT2D eigenvalue weighted by Gasteiger charge is -2.03. The van der Waals surface area contributed by atoms with Crippen LogP contribution in [0.1, 0.15) is 5.69 Å². The largest absolute Gasteiger partial charge is 0.494 e. The molecule has 1 aromatic heterocycles. The first-order chi connectivity index (χ1) is 5.29. The molecule has 0 bridgehead atoms. The SMILES string of the molecule is COc1ccnc(CN)c1F.Cl. The molecule has 0 amide bonds. The summed E-state index contributed by atoms with van der Waals surface area (Å²) in [5, 5.41) is 0. The van der Waals surface area contributed by atoms with Crippen LogP contribution in [-0.4, -0.2) is 12.1 Å². The molecule has 5 heteroatoms. The van der Waals surface area contributed by atoms with Crippen LogP contribution in [0, 0.1) is 5.82 Å². The molecule has 3 nitrogen and oxygen atoms in total. The predicted molar refractivity (Wildman–Crippen MR) is 45.9 cm³/mol. The van der Waals surface area contributed by atoms with Gasteiger partial charge in [-0.1, -0.05) is 0 Å². The Hall–Kier alpha value is -0.870. The lowest BCUT2D eigenvalue weighted by molar-refractivity contribution is 0.382. The van der Waals surface area contributed by atoms with Gasteiger partial charge in [-0.15, -0.1) is 12.4 Å². The number of hydrogen-bond donors (Lipinski definition) is 1. The fourth-order valence-electron chi connectivity index (χ4n) is 0.767. The van der Waals surface area contributed by atoms with Gasteiger partial charge in [0.05, 0.1) is 12.8 Å². The molecule has 2 N–H and O–H groups in total. The molecule has 0 aromatic carbocycles. The van der Waals surface area contributed by atoms with Gasteiger partial charge in [0.2, 0.25) is 0 Å². The summed E-state index contributed by atoms with van der Waals surface area (Å²) in [5.74, 6) is -0.294. The van der Waals surface area contributed by atoms with E-state index in [1.54, 1.807) is 0 Å². The van der Waals surface area contributed by atoms with Crippen LogP contribution < -0.4 is 10.5 Å². The number of methoxy groups -OCH3 is 1. The second-order valence-electron chi connectivity index (χ2n) is 1.98. The zero-order valence-corrected chi connectivity index (χ0v) is 7.40. The summed E-state index contributed by atoms with van der Waals surface area (Å²) in [4.78, 5) is 3.73. The number of aromatic nitrogens is 1. The average Bonchev–Trinajstić information content (AvgIpc) is 2.05. The van der Waals surface area contributed by atoms with Crippen molar-refractivity contribution in [1.82, 2.24) is 4.98 Å². The summed E-state index contributed by atoms with van der Waals surface area (Å²) in [6, 6.07) is 1.45. The molecule has 1 rings (SSSR count). The maximum absolute atomic E-state index is 13.0. The number of nitrogens with zero attached hydrogens (tertiary/aromatic N) is 1. The first-order valence-corrected chi connectivity index (χ1v) is 3.17. The Morgan fingerprint density at radius 3 is 2.83 bits per heavy atom. The minimum Gasteiger partial charge on any atom is -0.494 e. The van der Waals surface area contributed by atoms with Crippen LogP contribution in [0.3, 0.4) is 0 Å². The lowest BCUT2D eigenvalue weighted by atomic mass is 10.3. The normalized spacial score (nSPS) is 8.92. The van der Waals surface area contributed by atoms with Crippen molar-refractivity contribution in [2.24, 2.45) is 5.73 Å². The molecular formula is C7H10ClFN2O. The fraction of sp³-hybridized carbons (Fsp3) is 0.286. The third kappa shape index (κ3) is 2.06. The zero-order chi connectivity index (χ0) is 8.27. The van der Waals surface area contributed by atoms with Gasteiger partial charge in [0.15, 0.2) is 11.6 Å². The Balaban J connectivity index is 0.00000121. The predicted octanol–water partition coefficient (Wildman–Crippen LogP) is 1.11. The highest BCUT2D eigenvalue weighted by molar-refractivity contribution is 5.85. The van der Waals surface area contributed by atoms with Crippen molar-refractivity contribution in [2.75, 3.05) is 7.11 Å². The van der Waals surface area contributed by atoms with Gasteiger partial charge in [-0.3, -0.25) is 4.98 Å². The summed E-state index contributed by atoms with van der Waals surface area (Å²) >= 11 is 0. The molecular weight excluding hydrogens is 183 g/mol. The summed E-state index contributed by atoms with van der Waals surface area (Å²) in [6.45, 7) is 0.0863. The Bertz CT molecular complexity index is 235. The molecule has 0 saturated carbocycles. The molecule has 68 valence electrons. The maximum Gasteiger partial charge on any atom is 0.187 e. The van der Waals surface area contributed by atoms with Crippen LogP contribution in [0.2, 0.25) is 0 Å². The molecule has 0 saturated heterocycles.